The molecule has 0 unspecified atom stereocenters. The third-order valence-corrected chi connectivity index (χ3v) is 6.85. The molecular formula is C26H19ClN6O4S. The number of hydrazone groups is 1. The molecule has 0 saturated heterocycles. The van der Waals surface area contributed by atoms with Gasteiger partial charge in [-0.1, -0.05) is 41.9 Å². The first-order valence-electron chi connectivity index (χ1n) is 11.4. The summed E-state index contributed by atoms with van der Waals surface area (Å²) in [6.07, 6.45) is 1.35. The van der Waals surface area contributed by atoms with E-state index in [1.807, 2.05) is 41.8 Å². The van der Waals surface area contributed by atoms with E-state index >= 15 is 0 Å². The molecule has 190 valence electrons. The monoisotopic (exact) mass is 546 g/mol. The Balaban J connectivity index is 1.41. The van der Waals surface area contributed by atoms with E-state index in [9.17, 15) is 14.9 Å². The number of carbonyl (C=O) groups excluding carboxylic acids is 1. The Kier molecular flexibility index (Phi) is 7.20. The fourth-order valence-electron chi connectivity index (χ4n) is 3.74. The van der Waals surface area contributed by atoms with Gasteiger partial charge in [-0.25, -0.2) is 5.43 Å². The maximum absolute atomic E-state index is 12.5. The number of hydrogen-bond donors (Lipinski definition) is 1. The number of hydrogen-bond acceptors (Lipinski definition) is 8. The molecule has 12 heteroatoms. The SMILES string of the molecule is CCn1c(Sc2ccc([N+](=O)[O-])cc2/C=N/NC(=O)c2cc3ccccc3o2)nnc1-c1cccc(Cl)c1. The van der Waals surface area contributed by atoms with Gasteiger partial charge < -0.3 is 8.98 Å². The molecule has 0 fully saturated rings. The molecule has 0 bridgehead atoms. The summed E-state index contributed by atoms with van der Waals surface area (Å²) in [4.78, 5) is 24.1. The zero-order valence-electron chi connectivity index (χ0n) is 19.9. The van der Waals surface area contributed by atoms with Crippen LogP contribution in [0, 0.1) is 10.1 Å². The van der Waals surface area contributed by atoms with Gasteiger partial charge in [-0.3, -0.25) is 14.9 Å². The molecule has 38 heavy (non-hydrogen) atoms. The molecule has 2 aromatic heterocycles. The van der Waals surface area contributed by atoms with Crippen molar-refractivity contribution < 1.29 is 14.1 Å². The highest BCUT2D eigenvalue weighted by Crippen LogP contribution is 2.33. The standard InChI is InChI=1S/C26H19ClN6O4S/c1-2-32-24(17-7-5-8-19(27)12-17)29-31-26(32)38-23-11-10-20(33(35)36)13-18(23)15-28-30-25(34)22-14-16-6-3-4-9-21(16)37-22/h3-15H,2H2,1H3,(H,30,34)/b28-15+. The molecule has 0 aliphatic carbocycles. The number of nitrogens with one attached hydrogen (secondary N) is 1. The Morgan fingerprint density at radius 1 is 1.16 bits per heavy atom. The molecule has 0 saturated carbocycles. The molecule has 0 atom stereocenters. The van der Waals surface area contributed by atoms with Crippen molar-refractivity contribution >= 4 is 52.1 Å². The third-order valence-electron chi connectivity index (χ3n) is 5.54. The number of para-hydroxylation sites is 1. The molecule has 0 radical (unpaired) electrons. The van der Waals surface area contributed by atoms with E-state index in [1.54, 1.807) is 30.3 Å². The summed E-state index contributed by atoms with van der Waals surface area (Å²) in [6.45, 7) is 2.55. The van der Waals surface area contributed by atoms with Crippen LogP contribution in [0.1, 0.15) is 23.0 Å². The number of nitro groups is 1. The van der Waals surface area contributed by atoms with Gasteiger partial charge in [-0.2, -0.15) is 5.10 Å². The average Bonchev–Trinajstić information content (AvgIpc) is 3.53. The van der Waals surface area contributed by atoms with Crippen molar-refractivity contribution in [1.82, 2.24) is 20.2 Å². The van der Waals surface area contributed by atoms with Crippen LogP contribution in [0.2, 0.25) is 5.02 Å². The first kappa shape index (κ1) is 25.2. The lowest BCUT2D eigenvalue weighted by atomic mass is 10.2. The Bertz CT molecular complexity index is 1660. The van der Waals surface area contributed by atoms with E-state index < -0.39 is 10.8 Å². The minimum atomic E-state index is -0.547. The van der Waals surface area contributed by atoms with Crippen molar-refractivity contribution in [2.24, 2.45) is 5.10 Å². The lowest BCUT2D eigenvalue weighted by molar-refractivity contribution is -0.384. The fourth-order valence-corrected chi connectivity index (χ4v) is 4.90. The first-order valence-corrected chi connectivity index (χ1v) is 12.6. The second-order valence-electron chi connectivity index (χ2n) is 7.99. The minimum absolute atomic E-state index is 0.0987. The van der Waals surface area contributed by atoms with Gasteiger partial charge in [0.2, 0.25) is 0 Å². The van der Waals surface area contributed by atoms with Crippen LogP contribution in [0.15, 0.2) is 92.4 Å². The number of amides is 1. The van der Waals surface area contributed by atoms with Crippen molar-refractivity contribution in [1.29, 1.82) is 0 Å². The molecule has 0 aliphatic rings. The van der Waals surface area contributed by atoms with Crippen LogP contribution >= 0.6 is 23.4 Å². The van der Waals surface area contributed by atoms with Crippen LogP contribution in [-0.4, -0.2) is 31.8 Å². The molecule has 1 N–H and O–H groups in total. The van der Waals surface area contributed by atoms with E-state index in [1.165, 1.54) is 30.1 Å². The van der Waals surface area contributed by atoms with E-state index in [0.29, 0.717) is 38.6 Å². The molecule has 10 nitrogen and oxygen atoms in total. The Hall–Kier alpha value is -4.48. The highest BCUT2D eigenvalue weighted by molar-refractivity contribution is 7.99. The summed E-state index contributed by atoms with van der Waals surface area (Å²) in [7, 11) is 0. The second-order valence-corrected chi connectivity index (χ2v) is 9.44. The molecule has 3 aromatic carbocycles. The van der Waals surface area contributed by atoms with Gasteiger partial charge in [0, 0.05) is 45.1 Å². The minimum Gasteiger partial charge on any atom is -0.451 e. The van der Waals surface area contributed by atoms with Gasteiger partial charge in [0.15, 0.2) is 16.7 Å². The molecule has 5 rings (SSSR count). The molecule has 1 amide bonds. The van der Waals surface area contributed by atoms with E-state index in [2.05, 4.69) is 20.7 Å². The van der Waals surface area contributed by atoms with E-state index in [0.717, 1.165) is 10.9 Å². The number of carbonyl (C=O) groups is 1. The van der Waals surface area contributed by atoms with Crippen molar-refractivity contribution in [3.05, 3.63) is 99.3 Å². The predicted octanol–water partition coefficient (Wildman–Crippen LogP) is 6.19. The van der Waals surface area contributed by atoms with E-state index in [-0.39, 0.29) is 11.4 Å². The fraction of sp³-hybridized carbons (Fsp3) is 0.0769. The van der Waals surface area contributed by atoms with Crippen LogP contribution in [0.4, 0.5) is 5.69 Å². The van der Waals surface area contributed by atoms with Crippen LogP contribution < -0.4 is 5.43 Å². The van der Waals surface area contributed by atoms with Crippen molar-refractivity contribution in [2.75, 3.05) is 0 Å². The van der Waals surface area contributed by atoms with Gasteiger partial charge in [-0.05, 0) is 49.0 Å². The first-order chi connectivity index (χ1) is 18.4. The molecule has 5 aromatic rings. The summed E-state index contributed by atoms with van der Waals surface area (Å²) >= 11 is 7.43. The number of non-ortho nitro benzene ring substituents is 1. The number of benzene rings is 3. The van der Waals surface area contributed by atoms with Gasteiger partial charge in [0.1, 0.15) is 5.58 Å². The highest BCUT2D eigenvalue weighted by Gasteiger charge is 2.18. The normalized spacial score (nSPS) is 11.3. The summed E-state index contributed by atoms with van der Waals surface area (Å²) < 4.78 is 7.47. The van der Waals surface area contributed by atoms with Crippen LogP contribution in [0.3, 0.4) is 0 Å². The van der Waals surface area contributed by atoms with Crippen LogP contribution in [0.5, 0.6) is 0 Å². The molecule has 0 aliphatic heterocycles. The number of aromatic nitrogens is 3. The van der Waals surface area contributed by atoms with E-state index in [4.69, 9.17) is 16.0 Å². The zero-order chi connectivity index (χ0) is 26.6. The zero-order valence-corrected chi connectivity index (χ0v) is 21.4. The lowest BCUT2D eigenvalue weighted by Gasteiger charge is -2.09. The van der Waals surface area contributed by atoms with Gasteiger partial charge in [0.05, 0.1) is 11.1 Å². The topological polar surface area (TPSA) is 128 Å². The molecule has 2 heterocycles. The van der Waals surface area contributed by atoms with Crippen LogP contribution in [-0.2, 0) is 6.54 Å². The number of fused-ring (bicyclic) bond motifs is 1. The Morgan fingerprint density at radius 3 is 2.76 bits per heavy atom. The van der Waals surface area contributed by atoms with Crippen molar-refractivity contribution in [3.8, 4) is 11.4 Å². The number of rotatable bonds is 8. The quantitative estimate of drug-likeness (QED) is 0.139. The maximum Gasteiger partial charge on any atom is 0.307 e. The number of halogens is 1. The summed E-state index contributed by atoms with van der Waals surface area (Å²) in [5.74, 6) is 0.197. The maximum atomic E-state index is 12.5. The Morgan fingerprint density at radius 2 is 2.00 bits per heavy atom. The van der Waals surface area contributed by atoms with Gasteiger partial charge in [-0.15, -0.1) is 10.2 Å². The lowest BCUT2D eigenvalue weighted by Crippen LogP contribution is -2.16. The average molecular weight is 547 g/mol. The number of nitro benzene ring substituents is 1. The highest BCUT2D eigenvalue weighted by atomic mass is 35.5. The van der Waals surface area contributed by atoms with Gasteiger partial charge >= 0.3 is 5.91 Å². The summed E-state index contributed by atoms with van der Waals surface area (Å²) in [5, 5.41) is 26.0. The Labute approximate surface area is 225 Å². The summed E-state index contributed by atoms with van der Waals surface area (Å²) in [5.41, 5.74) is 4.12. The van der Waals surface area contributed by atoms with Crippen molar-refractivity contribution in [2.45, 2.75) is 23.5 Å². The number of nitrogens with zero attached hydrogens (tertiary/aromatic N) is 5. The predicted molar refractivity (Wildman–Crippen MR) is 145 cm³/mol. The third kappa shape index (κ3) is 5.29. The molecular weight excluding hydrogens is 528 g/mol. The molecule has 0 spiro atoms. The number of furan rings is 1. The van der Waals surface area contributed by atoms with Crippen LogP contribution in [0.25, 0.3) is 22.4 Å². The van der Waals surface area contributed by atoms with Crippen molar-refractivity contribution in [3.63, 3.8) is 0 Å². The summed E-state index contributed by atoms with van der Waals surface area (Å²) in [6, 6.07) is 20.6. The van der Waals surface area contributed by atoms with Gasteiger partial charge in [0.25, 0.3) is 5.69 Å². The second kappa shape index (κ2) is 10.9. The smallest absolute Gasteiger partial charge is 0.307 e. The largest absolute Gasteiger partial charge is 0.451 e.